The molecule has 6 heteroatoms. The van der Waals surface area contributed by atoms with Gasteiger partial charge in [0, 0.05) is 5.56 Å². The fraction of sp³-hybridized carbons (Fsp3) is 0.333. The Morgan fingerprint density at radius 2 is 1.39 bits per heavy atom. The lowest BCUT2D eigenvalue weighted by Crippen LogP contribution is -2.15. The average Bonchev–Trinajstić information content (AvgIpc) is 2.89. The van der Waals surface area contributed by atoms with Gasteiger partial charge in [-0.1, -0.05) is 48.5 Å². The quantitative estimate of drug-likeness (QED) is 0.192. The second kappa shape index (κ2) is 11.3. The van der Waals surface area contributed by atoms with Gasteiger partial charge in [0.15, 0.2) is 23.2 Å². The van der Waals surface area contributed by atoms with Crippen LogP contribution in [0.5, 0.6) is 5.75 Å². The summed E-state index contributed by atoms with van der Waals surface area (Å²) in [6.07, 6.45) is 3.70. The molecule has 1 saturated carbocycles. The van der Waals surface area contributed by atoms with Crippen LogP contribution in [0.3, 0.4) is 0 Å². The molecule has 36 heavy (non-hydrogen) atoms. The Kier molecular flexibility index (Phi) is 8.14. The molecule has 1 unspecified atom stereocenters. The van der Waals surface area contributed by atoms with Crippen molar-refractivity contribution >= 4 is 0 Å². The molecular formula is C30H30F4O2. The van der Waals surface area contributed by atoms with Gasteiger partial charge >= 0.3 is 0 Å². The summed E-state index contributed by atoms with van der Waals surface area (Å²) in [6.45, 7) is 5.43. The summed E-state index contributed by atoms with van der Waals surface area (Å²) in [6, 6.07) is 12.9. The lowest BCUT2D eigenvalue weighted by atomic mass is 9.75. The van der Waals surface area contributed by atoms with Crippen LogP contribution in [0.25, 0.3) is 11.1 Å². The Balaban J connectivity index is 1.46. The van der Waals surface area contributed by atoms with Crippen molar-refractivity contribution in [1.29, 1.82) is 0 Å². The van der Waals surface area contributed by atoms with Gasteiger partial charge in [0.1, 0.15) is 0 Å². The molecule has 0 radical (unpaired) electrons. The Hall–Kier alpha value is -3.12. The minimum absolute atomic E-state index is 0.120. The summed E-state index contributed by atoms with van der Waals surface area (Å²) < 4.78 is 64.7. The Labute approximate surface area is 209 Å². The number of rotatable bonds is 8. The number of aliphatic hydroxyl groups is 1. The minimum Gasteiger partial charge on any atom is -0.490 e. The molecule has 0 aromatic heterocycles. The zero-order valence-corrected chi connectivity index (χ0v) is 20.2. The second-order valence-corrected chi connectivity index (χ2v) is 9.38. The number of ether oxygens (including phenoxy) is 1. The van der Waals surface area contributed by atoms with Gasteiger partial charge in [-0.3, -0.25) is 0 Å². The van der Waals surface area contributed by atoms with E-state index in [1.807, 2.05) is 0 Å². The van der Waals surface area contributed by atoms with Crippen molar-refractivity contribution in [2.75, 3.05) is 6.61 Å². The van der Waals surface area contributed by atoms with Crippen molar-refractivity contribution in [1.82, 2.24) is 0 Å². The van der Waals surface area contributed by atoms with E-state index in [2.05, 4.69) is 6.58 Å². The van der Waals surface area contributed by atoms with E-state index in [1.54, 1.807) is 55.5 Å². The van der Waals surface area contributed by atoms with Crippen LogP contribution in [0.4, 0.5) is 17.6 Å². The van der Waals surface area contributed by atoms with Crippen molar-refractivity contribution in [3.8, 4) is 16.9 Å². The van der Waals surface area contributed by atoms with Crippen molar-refractivity contribution < 1.29 is 27.4 Å². The van der Waals surface area contributed by atoms with Gasteiger partial charge in [-0.2, -0.15) is 4.39 Å². The summed E-state index contributed by atoms with van der Waals surface area (Å²) in [7, 11) is 0. The number of hydrogen-bond acceptors (Lipinski definition) is 2. The van der Waals surface area contributed by atoms with E-state index < -0.39 is 29.4 Å². The first-order valence-corrected chi connectivity index (χ1v) is 12.3. The average molecular weight is 499 g/mol. The predicted molar refractivity (Wildman–Crippen MR) is 133 cm³/mol. The fourth-order valence-corrected chi connectivity index (χ4v) is 4.98. The van der Waals surface area contributed by atoms with E-state index in [-0.39, 0.29) is 29.8 Å². The Morgan fingerprint density at radius 1 is 0.833 bits per heavy atom. The summed E-state index contributed by atoms with van der Waals surface area (Å²) in [4.78, 5) is 0. The van der Waals surface area contributed by atoms with Gasteiger partial charge in [0.25, 0.3) is 0 Å². The summed E-state index contributed by atoms with van der Waals surface area (Å²) in [5, 5.41) is 9.65. The number of benzene rings is 3. The van der Waals surface area contributed by atoms with Crippen molar-refractivity contribution in [3.05, 3.63) is 101 Å². The summed E-state index contributed by atoms with van der Waals surface area (Å²) in [5.41, 5.74) is 1.99. The molecule has 1 aliphatic carbocycles. The van der Waals surface area contributed by atoms with Crippen molar-refractivity contribution in [2.24, 2.45) is 0 Å². The molecular weight excluding hydrogens is 468 g/mol. The molecule has 0 aliphatic heterocycles. The normalized spacial score (nSPS) is 18.6. The number of hydrogen-bond donors (Lipinski definition) is 1. The molecule has 1 aliphatic rings. The van der Waals surface area contributed by atoms with Crippen LogP contribution >= 0.6 is 0 Å². The van der Waals surface area contributed by atoms with E-state index in [0.717, 1.165) is 0 Å². The third-order valence-electron chi connectivity index (χ3n) is 7.08. The molecule has 1 fully saturated rings. The lowest BCUT2D eigenvalue weighted by Gasteiger charge is -2.30. The van der Waals surface area contributed by atoms with Crippen LogP contribution in [0.1, 0.15) is 73.7 Å². The molecule has 1 N–H and O–H groups in total. The third kappa shape index (κ3) is 5.34. The maximum atomic E-state index is 15.1. The molecule has 0 spiro atoms. The van der Waals surface area contributed by atoms with Gasteiger partial charge in [0.2, 0.25) is 5.82 Å². The first-order valence-electron chi connectivity index (χ1n) is 12.3. The number of halogens is 4. The van der Waals surface area contributed by atoms with Gasteiger partial charge in [-0.15, -0.1) is 6.58 Å². The minimum atomic E-state index is -0.996. The lowest BCUT2D eigenvalue weighted by molar-refractivity contribution is 0.199. The van der Waals surface area contributed by atoms with Crippen LogP contribution in [-0.2, 0) is 0 Å². The molecule has 0 heterocycles. The largest absolute Gasteiger partial charge is 0.490 e. The zero-order chi connectivity index (χ0) is 25.8. The van der Waals surface area contributed by atoms with E-state index >= 15 is 8.78 Å². The molecule has 0 saturated heterocycles. The van der Waals surface area contributed by atoms with Crippen LogP contribution in [-0.4, -0.2) is 11.7 Å². The smallest absolute Gasteiger partial charge is 0.200 e. The van der Waals surface area contributed by atoms with Crippen molar-refractivity contribution in [3.63, 3.8) is 0 Å². The van der Waals surface area contributed by atoms with Crippen LogP contribution in [0.15, 0.2) is 61.2 Å². The third-order valence-corrected chi connectivity index (χ3v) is 7.08. The highest BCUT2D eigenvalue weighted by Crippen LogP contribution is 2.43. The van der Waals surface area contributed by atoms with E-state index in [1.165, 1.54) is 6.07 Å². The molecule has 190 valence electrons. The SMILES string of the molecule is C=CCCOc1ccc(C2CCC(c3ccc(-c4ccc(C(C)O)cc4)c(F)c3F)CC2)c(F)c1F. The molecule has 4 rings (SSSR count). The van der Waals surface area contributed by atoms with Gasteiger partial charge in [0.05, 0.1) is 12.7 Å². The Morgan fingerprint density at radius 3 is 1.94 bits per heavy atom. The first-order chi connectivity index (χ1) is 17.3. The molecule has 2 nitrogen and oxygen atoms in total. The Bertz CT molecular complexity index is 1210. The molecule has 3 aromatic rings. The highest BCUT2D eigenvalue weighted by molar-refractivity contribution is 5.65. The van der Waals surface area contributed by atoms with E-state index in [0.29, 0.717) is 54.4 Å². The maximum absolute atomic E-state index is 15.1. The molecule has 1 atom stereocenters. The van der Waals surface area contributed by atoms with Crippen LogP contribution in [0.2, 0.25) is 0 Å². The standard InChI is InChI=1S/C30H30F4O2/c1-3-4-17-36-26-16-15-25(29(33)30(26)34)22-11-9-21(10-12-22)24-14-13-23(27(31)28(24)32)20-7-5-19(6-8-20)18(2)35/h3,5-8,13-16,18,21-22,35H,1,4,9-12,17H2,2H3. The second-order valence-electron chi connectivity index (χ2n) is 9.38. The fourth-order valence-electron chi connectivity index (χ4n) is 4.98. The van der Waals surface area contributed by atoms with Gasteiger partial charge in [-0.05, 0) is 79.2 Å². The predicted octanol–water partition coefficient (Wildman–Crippen LogP) is 8.36. The zero-order valence-electron chi connectivity index (χ0n) is 20.2. The van der Waals surface area contributed by atoms with Gasteiger partial charge in [-0.25, -0.2) is 13.2 Å². The van der Waals surface area contributed by atoms with E-state index in [4.69, 9.17) is 4.74 Å². The summed E-state index contributed by atoms with van der Waals surface area (Å²) in [5.74, 6) is -4.19. The monoisotopic (exact) mass is 498 g/mol. The maximum Gasteiger partial charge on any atom is 0.200 e. The van der Waals surface area contributed by atoms with Crippen LogP contribution < -0.4 is 4.74 Å². The molecule has 3 aromatic carbocycles. The van der Waals surface area contributed by atoms with Gasteiger partial charge < -0.3 is 9.84 Å². The van der Waals surface area contributed by atoms with Crippen molar-refractivity contribution in [2.45, 2.75) is 57.0 Å². The highest BCUT2D eigenvalue weighted by Gasteiger charge is 2.29. The molecule has 0 bridgehead atoms. The topological polar surface area (TPSA) is 29.5 Å². The van der Waals surface area contributed by atoms with E-state index in [9.17, 15) is 13.9 Å². The summed E-state index contributed by atoms with van der Waals surface area (Å²) >= 11 is 0. The first kappa shape index (κ1) is 26.0. The highest BCUT2D eigenvalue weighted by atomic mass is 19.2. The number of aliphatic hydroxyl groups excluding tert-OH is 1. The molecule has 0 amide bonds. The van der Waals surface area contributed by atoms with Crippen LogP contribution in [0, 0.1) is 23.3 Å².